The zero-order chi connectivity index (χ0) is 15.2. The first kappa shape index (κ1) is 14.5. The van der Waals surface area contributed by atoms with Crippen molar-refractivity contribution in [1.29, 1.82) is 0 Å². The molecule has 0 bridgehead atoms. The number of rotatable bonds is 2. The summed E-state index contributed by atoms with van der Waals surface area (Å²) in [5, 5.41) is 1.95. The van der Waals surface area contributed by atoms with E-state index in [-0.39, 0.29) is 18.3 Å². The van der Waals surface area contributed by atoms with Crippen molar-refractivity contribution in [3.8, 4) is 0 Å². The Balaban J connectivity index is 2.07. The van der Waals surface area contributed by atoms with Crippen LogP contribution in [0.15, 0.2) is 24.4 Å². The van der Waals surface area contributed by atoms with Crippen molar-refractivity contribution in [2.75, 3.05) is 0 Å². The standard InChI is InChI=1S/C17H21BFNO/c1-5-16-13-9-15(19)14(8-12(13)6-7-20-16)18-10-11(2)17(3,4)21-18/h6-9,11H,5,10H2,1-4H3. The predicted molar refractivity (Wildman–Crippen MR) is 85.6 cm³/mol. The third kappa shape index (κ3) is 2.46. The van der Waals surface area contributed by atoms with E-state index >= 15 is 0 Å². The van der Waals surface area contributed by atoms with Crippen molar-refractivity contribution in [2.24, 2.45) is 5.92 Å². The van der Waals surface area contributed by atoms with Crippen LogP contribution in [0.1, 0.15) is 33.4 Å². The lowest BCUT2D eigenvalue weighted by Crippen LogP contribution is -2.35. The summed E-state index contributed by atoms with van der Waals surface area (Å²) in [6, 6.07) is 5.50. The quantitative estimate of drug-likeness (QED) is 0.787. The number of halogens is 1. The zero-order valence-electron chi connectivity index (χ0n) is 13.1. The highest BCUT2D eigenvalue weighted by Gasteiger charge is 2.42. The van der Waals surface area contributed by atoms with Crippen molar-refractivity contribution in [3.05, 3.63) is 35.9 Å². The van der Waals surface area contributed by atoms with E-state index in [2.05, 4.69) is 25.8 Å². The number of aryl methyl sites for hydroxylation is 1. The van der Waals surface area contributed by atoms with Gasteiger partial charge >= 0.3 is 6.92 Å². The lowest BCUT2D eigenvalue weighted by Gasteiger charge is -2.24. The fourth-order valence-electron chi connectivity index (χ4n) is 3.13. The monoisotopic (exact) mass is 285 g/mol. The van der Waals surface area contributed by atoms with E-state index in [4.69, 9.17) is 4.65 Å². The summed E-state index contributed by atoms with van der Waals surface area (Å²) in [5.41, 5.74) is 1.42. The zero-order valence-corrected chi connectivity index (χ0v) is 13.1. The minimum absolute atomic E-state index is 0.155. The summed E-state index contributed by atoms with van der Waals surface area (Å²) in [6.07, 6.45) is 3.46. The van der Waals surface area contributed by atoms with Gasteiger partial charge in [0.05, 0.1) is 0 Å². The summed E-state index contributed by atoms with van der Waals surface area (Å²) >= 11 is 0. The van der Waals surface area contributed by atoms with Crippen LogP contribution in [0.3, 0.4) is 0 Å². The molecule has 1 aliphatic heterocycles. The number of nitrogens with zero attached hydrogens (tertiary/aromatic N) is 1. The molecule has 110 valence electrons. The molecule has 1 atom stereocenters. The molecule has 21 heavy (non-hydrogen) atoms. The first-order valence-electron chi connectivity index (χ1n) is 7.67. The van der Waals surface area contributed by atoms with Crippen LogP contribution in [0.2, 0.25) is 6.32 Å². The topological polar surface area (TPSA) is 22.1 Å². The Hall–Kier alpha value is -1.42. The highest BCUT2D eigenvalue weighted by atomic mass is 19.1. The largest absolute Gasteiger partial charge is 0.426 e. The normalized spacial score (nSPS) is 21.2. The molecule has 1 fully saturated rings. The molecule has 1 saturated heterocycles. The third-order valence-electron chi connectivity index (χ3n) is 4.85. The number of benzene rings is 1. The Labute approximate surface area is 125 Å². The summed E-state index contributed by atoms with van der Waals surface area (Å²) in [6.45, 7) is 8.21. The molecule has 2 nitrogen and oxygen atoms in total. The van der Waals surface area contributed by atoms with E-state index in [1.165, 1.54) is 0 Å². The third-order valence-corrected chi connectivity index (χ3v) is 4.85. The highest BCUT2D eigenvalue weighted by molar-refractivity contribution is 6.68. The molecule has 1 aliphatic rings. The summed E-state index contributed by atoms with van der Waals surface area (Å²) in [5.74, 6) is 0.237. The van der Waals surface area contributed by atoms with Gasteiger partial charge in [0, 0.05) is 22.9 Å². The Bertz CT molecular complexity index is 686. The number of pyridine rings is 1. The highest BCUT2D eigenvalue weighted by Crippen LogP contribution is 2.34. The summed E-state index contributed by atoms with van der Waals surface area (Å²) in [7, 11) is 0. The fraction of sp³-hybridized carbons (Fsp3) is 0.471. The number of fused-ring (bicyclic) bond motifs is 1. The molecular weight excluding hydrogens is 264 g/mol. The van der Waals surface area contributed by atoms with Gasteiger partial charge in [0.15, 0.2) is 0 Å². The van der Waals surface area contributed by atoms with E-state index in [0.717, 1.165) is 29.2 Å². The van der Waals surface area contributed by atoms with Gasteiger partial charge in [-0.15, -0.1) is 0 Å². The lowest BCUT2D eigenvalue weighted by molar-refractivity contribution is 0.0950. The second kappa shape index (κ2) is 5.10. The van der Waals surface area contributed by atoms with Crippen LogP contribution in [0.4, 0.5) is 4.39 Å². The molecule has 1 aromatic heterocycles. The van der Waals surface area contributed by atoms with Gasteiger partial charge in [-0.05, 0) is 55.5 Å². The molecule has 1 unspecified atom stereocenters. The van der Waals surface area contributed by atoms with Gasteiger partial charge in [-0.1, -0.05) is 19.9 Å². The second-order valence-electron chi connectivity index (χ2n) is 6.55. The molecular formula is C17H21BFNO. The minimum Gasteiger partial charge on any atom is -0.426 e. The molecule has 0 radical (unpaired) electrons. The van der Waals surface area contributed by atoms with Crippen molar-refractivity contribution in [2.45, 2.75) is 46.0 Å². The SMILES string of the molecule is CCc1nccc2cc(B3CC(C)C(C)(C)O3)c(F)cc12. The number of aromatic nitrogens is 1. The lowest BCUT2D eigenvalue weighted by atomic mass is 9.57. The van der Waals surface area contributed by atoms with Gasteiger partial charge in [0.2, 0.25) is 0 Å². The molecule has 0 amide bonds. The Morgan fingerprint density at radius 2 is 2.19 bits per heavy atom. The minimum atomic E-state index is -0.196. The van der Waals surface area contributed by atoms with E-state index in [0.29, 0.717) is 11.4 Å². The number of hydrogen-bond acceptors (Lipinski definition) is 2. The average molecular weight is 285 g/mol. The fourth-order valence-corrected chi connectivity index (χ4v) is 3.13. The van der Waals surface area contributed by atoms with Gasteiger partial charge in [-0.2, -0.15) is 0 Å². The Morgan fingerprint density at radius 1 is 1.43 bits per heavy atom. The van der Waals surface area contributed by atoms with Crippen molar-refractivity contribution < 1.29 is 9.04 Å². The Kier molecular flexibility index (Phi) is 3.52. The second-order valence-corrected chi connectivity index (χ2v) is 6.55. The van der Waals surface area contributed by atoms with Gasteiger partial charge < -0.3 is 4.65 Å². The molecule has 0 spiro atoms. The van der Waals surface area contributed by atoms with Crippen molar-refractivity contribution >= 4 is 23.2 Å². The van der Waals surface area contributed by atoms with E-state index in [9.17, 15) is 4.39 Å². The maximum Gasteiger partial charge on any atom is 0.330 e. The van der Waals surface area contributed by atoms with E-state index < -0.39 is 0 Å². The van der Waals surface area contributed by atoms with E-state index in [1.54, 1.807) is 12.3 Å². The van der Waals surface area contributed by atoms with Crippen LogP contribution < -0.4 is 5.46 Å². The maximum absolute atomic E-state index is 14.6. The maximum atomic E-state index is 14.6. The summed E-state index contributed by atoms with van der Waals surface area (Å²) in [4.78, 5) is 4.33. The van der Waals surface area contributed by atoms with Crippen LogP contribution in [0, 0.1) is 11.7 Å². The smallest absolute Gasteiger partial charge is 0.330 e. The Morgan fingerprint density at radius 3 is 2.81 bits per heavy atom. The molecule has 4 heteroatoms. The van der Waals surface area contributed by atoms with Crippen molar-refractivity contribution in [3.63, 3.8) is 0 Å². The van der Waals surface area contributed by atoms with Crippen LogP contribution in [0.5, 0.6) is 0 Å². The summed E-state index contributed by atoms with van der Waals surface area (Å²) < 4.78 is 20.6. The first-order chi connectivity index (χ1) is 9.92. The van der Waals surface area contributed by atoms with E-state index in [1.807, 2.05) is 19.1 Å². The molecule has 2 aromatic rings. The van der Waals surface area contributed by atoms with Gasteiger partial charge in [-0.25, -0.2) is 4.39 Å². The van der Waals surface area contributed by atoms with Crippen LogP contribution >= 0.6 is 0 Å². The van der Waals surface area contributed by atoms with Gasteiger partial charge in [-0.3, -0.25) is 4.98 Å². The predicted octanol–water partition coefficient (Wildman–Crippen LogP) is 3.58. The molecule has 3 rings (SSSR count). The molecule has 0 saturated carbocycles. The van der Waals surface area contributed by atoms with Crippen molar-refractivity contribution in [1.82, 2.24) is 4.98 Å². The average Bonchev–Trinajstić information content (AvgIpc) is 2.71. The molecule has 1 aromatic carbocycles. The molecule has 0 aliphatic carbocycles. The van der Waals surface area contributed by atoms with Gasteiger partial charge in [0.1, 0.15) is 5.82 Å². The van der Waals surface area contributed by atoms with Crippen LogP contribution in [-0.2, 0) is 11.1 Å². The molecule has 2 heterocycles. The first-order valence-corrected chi connectivity index (χ1v) is 7.67. The van der Waals surface area contributed by atoms with Crippen LogP contribution in [0.25, 0.3) is 10.8 Å². The van der Waals surface area contributed by atoms with Crippen LogP contribution in [-0.4, -0.2) is 17.5 Å². The number of hydrogen-bond donors (Lipinski definition) is 0. The molecule has 0 N–H and O–H groups in total. The van der Waals surface area contributed by atoms with Gasteiger partial charge in [0.25, 0.3) is 0 Å².